The Bertz CT molecular complexity index is 622. The molecule has 0 unspecified atom stereocenters. The molecule has 2 amide bonds. The SMILES string of the molecule is CC(C)c1nc(CCNC(=O)[C@H]2CCCCN2C(=O)OC(C)(C)C)cs1. The first-order valence-electron chi connectivity index (χ1n) is 9.39. The Morgan fingerprint density at radius 3 is 2.73 bits per heavy atom. The molecule has 0 aromatic carbocycles. The number of hydrogen-bond acceptors (Lipinski definition) is 5. The van der Waals surface area contributed by atoms with E-state index in [1.54, 1.807) is 16.2 Å². The number of carbonyl (C=O) groups excluding carboxylic acids is 2. The number of likely N-dealkylation sites (tertiary alicyclic amines) is 1. The van der Waals surface area contributed by atoms with Crippen LogP contribution in [0.5, 0.6) is 0 Å². The van der Waals surface area contributed by atoms with E-state index in [-0.39, 0.29) is 5.91 Å². The minimum atomic E-state index is -0.561. The van der Waals surface area contributed by atoms with Crippen LogP contribution in [0.3, 0.4) is 0 Å². The molecule has 1 aliphatic heterocycles. The highest BCUT2D eigenvalue weighted by Gasteiger charge is 2.34. The van der Waals surface area contributed by atoms with Crippen LogP contribution in [0.4, 0.5) is 4.79 Å². The third kappa shape index (κ3) is 5.97. The van der Waals surface area contributed by atoms with Gasteiger partial charge >= 0.3 is 6.09 Å². The van der Waals surface area contributed by atoms with E-state index < -0.39 is 17.7 Å². The van der Waals surface area contributed by atoms with Crippen LogP contribution in [0.15, 0.2) is 5.38 Å². The largest absolute Gasteiger partial charge is 0.444 e. The second-order valence-corrected chi connectivity index (χ2v) is 8.95. The predicted molar refractivity (Wildman–Crippen MR) is 103 cm³/mol. The first-order valence-corrected chi connectivity index (χ1v) is 10.3. The molecule has 7 heteroatoms. The Morgan fingerprint density at radius 2 is 2.12 bits per heavy atom. The number of carbonyl (C=O) groups is 2. The van der Waals surface area contributed by atoms with Gasteiger partial charge in [0.25, 0.3) is 0 Å². The topological polar surface area (TPSA) is 71.5 Å². The van der Waals surface area contributed by atoms with Gasteiger partial charge in [0.1, 0.15) is 11.6 Å². The van der Waals surface area contributed by atoms with Gasteiger partial charge in [-0.15, -0.1) is 11.3 Å². The average molecular weight is 382 g/mol. The van der Waals surface area contributed by atoms with Crippen molar-refractivity contribution in [3.05, 3.63) is 16.1 Å². The lowest BCUT2D eigenvalue weighted by Gasteiger charge is -2.35. The van der Waals surface area contributed by atoms with Gasteiger partial charge in [0.2, 0.25) is 5.91 Å². The highest BCUT2D eigenvalue weighted by atomic mass is 32.1. The molecule has 146 valence electrons. The third-order valence-corrected chi connectivity index (χ3v) is 5.37. The van der Waals surface area contributed by atoms with E-state index in [1.165, 1.54) is 0 Å². The minimum Gasteiger partial charge on any atom is -0.444 e. The van der Waals surface area contributed by atoms with E-state index in [4.69, 9.17) is 4.74 Å². The summed E-state index contributed by atoms with van der Waals surface area (Å²) in [7, 11) is 0. The van der Waals surface area contributed by atoms with Crippen LogP contribution in [0.2, 0.25) is 0 Å². The van der Waals surface area contributed by atoms with Crippen molar-refractivity contribution in [1.29, 1.82) is 0 Å². The number of nitrogens with one attached hydrogen (secondary N) is 1. The summed E-state index contributed by atoms with van der Waals surface area (Å²) in [4.78, 5) is 31.2. The van der Waals surface area contributed by atoms with Crippen LogP contribution in [0, 0.1) is 0 Å². The zero-order valence-corrected chi connectivity index (χ0v) is 17.3. The molecule has 0 bridgehead atoms. The maximum atomic E-state index is 12.6. The molecular formula is C19H31N3O3S. The van der Waals surface area contributed by atoms with Crippen LogP contribution >= 0.6 is 11.3 Å². The molecule has 2 rings (SSSR count). The zero-order valence-electron chi connectivity index (χ0n) is 16.5. The van der Waals surface area contributed by atoms with Gasteiger partial charge in [0.15, 0.2) is 0 Å². The van der Waals surface area contributed by atoms with E-state index in [9.17, 15) is 9.59 Å². The van der Waals surface area contributed by atoms with Crippen molar-refractivity contribution < 1.29 is 14.3 Å². The molecule has 6 nitrogen and oxygen atoms in total. The van der Waals surface area contributed by atoms with Gasteiger partial charge in [-0.25, -0.2) is 9.78 Å². The lowest BCUT2D eigenvalue weighted by molar-refractivity contribution is -0.127. The molecule has 26 heavy (non-hydrogen) atoms. The second-order valence-electron chi connectivity index (χ2n) is 8.06. The van der Waals surface area contributed by atoms with Gasteiger partial charge in [0.05, 0.1) is 10.7 Å². The maximum absolute atomic E-state index is 12.6. The number of rotatable bonds is 5. The molecule has 0 radical (unpaired) electrons. The molecule has 0 spiro atoms. The van der Waals surface area contributed by atoms with Crippen molar-refractivity contribution in [3.8, 4) is 0 Å². The lowest BCUT2D eigenvalue weighted by Crippen LogP contribution is -2.53. The second kappa shape index (κ2) is 8.84. The zero-order chi connectivity index (χ0) is 19.3. The first-order chi connectivity index (χ1) is 12.2. The third-order valence-electron chi connectivity index (χ3n) is 4.18. The van der Waals surface area contributed by atoms with E-state index >= 15 is 0 Å². The highest BCUT2D eigenvalue weighted by Crippen LogP contribution is 2.21. The van der Waals surface area contributed by atoms with Gasteiger partial charge in [-0.05, 0) is 40.0 Å². The van der Waals surface area contributed by atoms with E-state index in [2.05, 4.69) is 29.5 Å². The maximum Gasteiger partial charge on any atom is 0.410 e. The molecule has 1 saturated heterocycles. The number of nitrogens with zero attached hydrogens (tertiary/aromatic N) is 2. The molecular weight excluding hydrogens is 350 g/mol. The van der Waals surface area contributed by atoms with Crippen molar-refractivity contribution in [2.45, 2.75) is 77.9 Å². The monoisotopic (exact) mass is 381 g/mol. The number of ether oxygens (including phenoxy) is 1. The fraction of sp³-hybridized carbons (Fsp3) is 0.737. The molecule has 0 saturated carbocycles. The molecule has 1 atom stereocenters. The van der Waals surface area contributed by atoms with E-state index in [0.717, 1.165) is 23.5 Å². The Hall–Kier alpha value is -1.63. The number of piperidine rings is 1. The fourth-order valence-corrected chi connectivity index (χ4v) is 3.75. The predicted octanol–water partition coefficient (Wildman–Crippen LogP) is 3.71. The Labute approximate surface area is 160 Å². The molecule has 1 aromatic heterocycles. The van der Waals surface area contributed by atoms with Crippen molar-refractivity contribution in [1.82, 2.24) is 15.2 Å². The van der Waals surface area contributed by atoms with E-state index in [1.807, 2.05) is 20.8 Å². The number of thiazole rings is 1. The molecule has 2 heterocycles. The van der Waals surface area contributed by atoms with Crippen molar-refractivity contribution >= 4 is 23.3 Å². The summed E-state index contributed by atoms with van der Waals surface area (Å²) in [5.74, 6) is 0.322. The van der Waals surface area contributed by atoms with Gasteiger partial charge in [-0.1, -0.05) is 13.8 Å². The number of hydrogen-bond donors (Lipinski definition) is 1. The minimum absolute atomic E-state index is 0.102. The van der Waals surface area contributed by atoms with E-state index in [0.29, 0.717) is 31.8 Å². The van der Waals surface area contributed by atoms with Crippen molar-refractivity contribution in [2.75, 3.05) is 13.1 Å². The molecule has 0 aliphatic carbocycles. The molecule has 1 aliphatic rings. The standard InChI is InChI=1S/C19H31N3O3S/c1-13(2)17-21-14(12-26-17)9-10-20-16(23)15-8-6-7-11-22(15)18(24)25-19(3,4)5/h12-13,15H,6-11H2,1-5H3,(H,20,23)/t15-/m1/s1. The van der Waals surface area contributed by atoms with Crippen LogP contribution in [0.25, 0.3) is 0 Å². The summed E-state index contributed by atoms with van der Waals surface area (Å²) in [5, 5.41) is 6.13. The van der Waals surface area contributed by atoms with Gasteiger partial charge in [0, 0.05) is 30.8 Å². The first kappa shape index (κ1) is 20.7. The normalized spacial score (nSPS) is 18.1. The summed E-state index contributed by atoms with van der Waals surface area (Å²) in [6, 6.07) is -0.444. The fourth-order valence-electron chi connectivity index (χ4n) is 2.88. The summed E-state index contributed by atoms with van der Waals surface area (Å²) < 4.78 is 5.45. The van der Waals surface area contributed by atoms with Crippen molar-refractivity contribution in [3.63, 3.8) is 0 Å². The molecule has 1 fully saturated rings. The van der Waals surface area contributed by atoms with Crippen molar-refractivity contribution in [2.24, 2.45) is 0 Å². The summed E-state index contributed by atoms with van der Waals surface area (Å²) >= 11 is 1.66. The summed E-state index contributed by atoms with van der Waals surface area (Å²) in [5.41, 5.74) is 0.445. The van der Waals surface area contributed by atoms with Crippen LogP contribution < -0.4 is 5.32 Å². The number of aromatic nitrogens is 1. The number of amides is 2. The quantitative estimate of drug-likeness (QED) is 0.844. The average Bonchev–Trinajstić information content (AvgIpc) is 3.02. The molecule has 1 N–H and O–H groups in total. The van der Waals surface area contributed by atoms with Gasteiger partial charge in [-0.2, -0.15) is 0 Å². The van der Waals surface area contributed by atoms with Crippen LogP contribution in [0.1, 0.15) is 70.5 Å². The van der Waals surface area contributed by atoms with Gasteiger partial charge < -0.3 is 10.1 Å². The summed E-state index contributed by atoms with van der Waals surface area (Å²) in [6.07, 6.45) is 2.83. The Kier molecular flexibility index (Phi) is 7.03. The Morgan fingerprint density at radius 1 is 1.38 bits per heavy atom. The van der Waals surface area contributed by atoms with Crippen LogP contribution in [-0.4, -0.2) is 46.6 Å². The summed E-state index contributed by atoms with van der Waals surface area (Å²) in [6.45, 7) is 10.8. The smallest absolute Gasteiger partial charge is 0.410 e. The van der Waals surface area contributed by atoms with Crippen LogP contribution in [-0.2, 0) is 16.0 Å². The highest BCUT2D eigenvalue weighted by molar-refractivity contribution is 7.09. The van der Waals surface area contributed by atoms with Gasteiger partial charge in [-0.3, -0.25) is 9.69 Å². The lowest BCUT2D eigenvalue weighted by atomic mass is 10.0. The Balaban J connectivity index is 1.88. The molecule has 1 aromatic rings.